The van der Waals surface area contributed by atoms with Crippen LogP contribution in [0.4, 0.5) is 5.69 Å². The Morgan fingerprint density at radius 3 is 2.22 bits per heavy atom. The molecule has 0 saturated carbocycles. The molecule has 2 rings (SSSR count). The SMILES string of the molecule is CC(C)(C(=O)Nc1ccc(Oc2ncccn2)cc1)S(C)(=O)=O. The van der Waals surface area contributed by atoms with Crippen LogP contribution in [0.25, 0.3) is 0 Å². The molecular formula is C15H17N3O4S. The molecule has 2 aromatic rings. The predicted octanol–water partition coefficient (Wildman–Crippen LogP) is 2.03. The van der Waals surface area contributed by atoms with Crippen LogP contribution in [-0.2, 0) is 14.6 Å². The number of amides is 1. The molecular weight excluding hydrogens is 318 g/mol. The molecule has 122 valence electrons. The number of ether oxygens (including phenoxy) is 1. The van der Waals surface area contributed by atoms with Crippen LogP contribution in [0.5, 0.6) is 11.8 Å². The Labute approximate surface area is 134 Å². The van der Waals surface area contributed by atoms with Gasteiger partial charge < -0.3 is 10.1 Å². The number of nitrogens with one attached hydrogen (secondary N) is 1. The zero-order valence-electron chi connectivity index (χ0n) is 13.0. The van der Waals surface area contributed by atoms with Crippen molar-refractivity contribution in [3.05, 3.63) is 42.7 Å². The molecule has 0 aliphatic rings. The fourth-order valence-corrected chi connectivity index (χ4v) is 1.89. The van der Waals surface area contributed by atoms with Crippen molar-refractivity contribution in [3.8, 4) is 11.8 Å². The van der Waals surface area contributed by atoms with E-state index in [4.69, 9.17) is 4.74 Å². The number of carbonyl (C=O) groups is 1. The van der Waals surface area contributed by atoms with Gasteiger partial charge in [-0.05, 0) is 44.2 Å². The second-order valence-electron chi connectivity index (χ2n) is 5.39. The fraction of sp³-hybridized carbons (Fsp3) is 0.267. The molecule has 1 aromatic heterocycles. The molecule has 0 radical (unpaired) electrons. The van der Waals surface area contributed by atoms with Gasteiger partial charge in [-0.3, -0.25) is 4.79 Å². The van der Waals surface area contributed by atoms with E-state index in [0.717, 1.165) is 6.26 Å². The first-order valence-corrected chi connectivity index (χ1v) is 8.65. The molecule has 7 nitrogen and oxygen atoms in total. The normalized spacial score (nSPS) is 11.8. The van der Waals surface area contributed by atoms with E-state index >= 15 is 0 Å². The highest BCUT2D eigenvalue weighted by atomic mass is 32.2. The topological polar surface area (TPSA) is 98.2 Å². The first-order valence-electron chi connectivity index (χ1n) is 6.76. The molecule has 0 bridgehead atoms. The molecule has 1 heterocycles. The van der Waals surface area contributed by atoms with Crippen molar-refractivity contribution in [3.63, 3.8) is 0 Å². The quantitative estimate of drug-likeness (QED) is 0.898. The summed E-state index contributed by atoms with van der Waals surface area (Å²) < 4.78 is 27.2. The van der Waals surface area contributed by atoms with Gasteiger partial charge in [-0.1, -0.05) is 0 Å². The summed E-state index contributed by atoms with van der Waals surface area (Å²) in [6.07, 6.45) is 4.15. The monoisotopic (exact) mass is 335 g/mol. The van der Waals surface area contributed by atoms with E-state index in [9.17, 15) is 13.2 Å². The van der Waals surface area contributed by atoms with Gasteiger partial charge in [0.15, 0.2) is 9.84 Å². The zero-order chi connectivity index (χ0) is 17.1. The van der Waals surface area contributed by atoms with Gasteiger partial charge in [0.2, 0.25) is 5.91 Å². The standard InChI is InChI=1S/C15H17N3O4S/c1-15(2,23(3,20)21)13(19)18-11-5-7-12(8-6-11)22-14-16-9-4-10-17-14/h4-10H,1-3H3,(H,18,19). The summed E-state index contributed by atoms with van der Waals surface area (Å²) in [6.45, 7) is 2.73. The predicted molar refractivity (Wildman–Crippen MR) is 86.1 cm³/mol. The minimum atomic E-state index is -3.52. The highest BCUT2D eigenvalue weighted by molar-refractivity contribution is 7.92. The van der Waals surface area contributed by atoms with Crippen LogP contribution < -0.4 is 10.1 Å². The van der Waals surface area contributed by atoms with Crippen molar-refractivity contribution < 1.29 is 17.9 Å². The molecule has 23 heavy (non-hydrogen) atoms. The van der Waals surface area contributed by atoms with Crippen LogP contribution in [0.1, 0.15) is 13.8 Å². The average Bonchev–Trinajstić information content (AvgIpc) is 2.49. The summed E-state index contributed by atoms with van der Waals surface area (Å²) >= 11 is 0. The van der Waals surface area contributed by atoms with E-state index in [1.54, 1.807) is 42.7 Å². The van der Waals surface area contributed by atoms with Crippen molar-refractivity contribution in [2.45, 2.75) is 18.6 Å². The Hall–Kier alpha value is -2.48. The molecule has 0 spiro atoms. The lowest BCUT2D eigenvalue weighted by molar-refractivity contribution is -0.117. The molecule has 0 fully saturated rings. The van der Waals surface area contributed by atoms with Crippen LogP contribution in [0, 0.1) is 0 Å². The summed E-state index contributed by atoms with van der Waals surface area (Å²) in [7, 11) is -3.52. The zero-order valence-corrected chi connectivity index (χ0v) is 13.8. The fourth-order valence-electron chi connectivity index (χ4n) is 1.50. The van der Waals surface area contributed by atoms with E-state index in [1.807, 2.05) is 0 Å². The van der Waals surface area contributed by atoms with Gasteiger partial charge >= 0.3 is 6.01 Å². The molecule has 0 atom stereocenters. The molecule has 1 N–H and O–H groups in total. The number of nitrogens with zero attached hydrogens (tertiary/aromatic N) is 2. The molecule has 0 aliphatic heterocycles. The van der Waals surface area contributed by atoms with E-state index in [-0.39, 0.29) is 6.01 Å². The second kappa shape index (κ2) is 6.33. The Kier molecular flexibility index (Phi) is 4.65. The third-order valence-electron chi connectivity index (χ3n) is 3.34. The summed E-state index contributed by atoms with van der Waals surface area (Å²) in [5, 5.41) is 2.57. The Bertz CT molecular complexity index is 787. The number of rotatable bonds is 5. The van der Waals surface area contributed by atoms with Gasteiger partial charge in [-0.15, -0.1) is 0 Å². The van der Waals surface area contributed by atoms with E-state index in [1.165, 1.54) is 13.8 Å². The summed E-state index contributed by atoms with van der Waals surface area (Å²) in [5.41, 5.74) is 0.466. The number of hydrogen-bond donors (Lipinski definition) is 1. The lowest BCUT2D eigenvalue weighted by Crippen LogP contribution is -2.43. The van der Waals surface area contributed by atoms with Gasteiger partial charge in [0.25, 0.3) is 0 Å². The smallest absolute Gasteiger partial charge is 0.321 e. The van der Waals surface area contributed by atoms with Gasteiger partial charge in [0.05, 0.1) is 0 Å². The first-order chi connectivity index (χ1) is 10.7. The average molecular weight is 335 g/mol. The number of sulfone groups is 1. The Morgan fingerprint density at radius 1 is 1.13 bits per heavy atom. The van der Waals surface area contributed by atoms with E-state index in [0.29, 0.717) is 11.4 Å². The van der Waals surface area contributed by atoms with Gasteiger partial charge in [-0.25, -0.2) is 18.4 Å². The van der Waals surface area contributed by atoms with Crippen molar-refractivity contribution in [2.75, 3.05) is 11.6 Å². The second-order valence-corrected chi connectivity index (χ2v) is 7.96. The van der Waals surface area contributed by atoms with Gasteiger partial charge in [-0.2, -0.15) is 0 Å². The summed E-state index contributed by atoms with van der Waals surface area (Å²) in [5.74, 6) is -0.100. The number of carbonyl (C=O) groups excluding carboxylic acids is 1. The maximum absolute atomic E-state index is 12.1. The van der Waals surface area contributed by atoms with Crippen LogP contribution in [0.2, 0.25) is 0 Å². The van der Waals surface area contributed by atoms with Crippen molar-refractivity contribution in [1.82, 2.24) is 9.97 Å². The highest BCUT2D eigenvalue weighted by Crippen LogP contribution is 2.22. The van der Waals surface area contributed by atoms with Gasteiger partial charge in [0, 0.05) is 24.3 Å². The summed E-state index contributed by atoms with van der Waals surface area (Å²) in [6, 6.07) is 8.35. The first kappa shape index (κ1) is 16.9. The van der Waals surface area contributed by atoms with Crippen molar-refractivity contribution >= 4 is 21.4 Å². The number of hydrogen-bond acceptors (Lipinski definition) is 6. The van der Waals surface area contributed by atoms with Crippen LogP contribution in [0.3, 0.4) is 0 Å². The number of aromatic nitrogens is 2. The van der Waals surface area contributed by atoms with E-state index < -0.39 is 20.5 Å². The molecule has 0 aliphatic carbocycles. The lowest BCUT2D eigenvalue weighted by Gasteiger charge is -2.21. The molecule has 0 saturated heterocycles. The number of benzene rings is 1. The lowest BCUT2D eigenvalue weighted by atomic mass is 10.2. The Balaban J connectivity index is 2.07. The van der Waals surface area contributed by atoms with Crippen LogP contribution >= 0.6 is 0 Å². The highest BCUT2D eigenvalue weighted by Gasteiger charge is 2.38. The maximum Gasteiger partial charge on any atom is 0.321 e. The third-order valence-corrected chi connectivity index (χ3v) is 5.38. The summed E-state index contributed by atoms with van der Waals surface area (Å²) in [4.78, 5) is 20.0. The van der Waals surface area contributed by atoms with Crippen LogP contribution in [-0.4, -0.2) is 35.3 Å². The minimum absolute atomic E-state index is 0.211. The van der Waals surface area contributed by atoms with Crippen LogP contribution in [0.15, 0.2) is 42.7 Å². The number of anilines is 1. The van der Waals surface area contributed by atoms with E-state index in [2.05, 4.69) is 15.3 Å². The molecule has 0 unspecified atom stereocenters. The van der Waals surface area contributed by atoms with Gasteiger partial charge in [0.1, 0.15) is 10.5 Å². The largest absolute Gasteiger partial charge is 0.424 e. The molecule has 1 aromatic carbocycles. The molecule has 1 amide bonds. The molecule has 8 heteroatoms. The van der Waals surface area contributed by atoms with Crippen molar-refractivity contribution in [1.29, 1.82) is 0 Å². The Morgan fingerprint density at radius 2 is 1.70 bits per heavy atom. The maximum atomic E-state index is 12.1. The minimum Gasteiger partial charge on any atom is -0.424 e. The van der Waals surface area contributed by atoms with Crippen molar-refractivity contribution in [2.24, 2.45) is 0 Å². The third kappa shape index (κ3) is 4.04.